The van der Waals surface area contributed by atoms with Gasteiger partial charge in [0.05, 0.1) is 13.4 Å². The van der Waals surface area contributed by atoms with E-state index in [4.69, 9.17) is 0 Å². The molecule has 0 aliphatic carbocycles. The molecular weight excluding hydrogens is 268 g/mol. The number of hydrogen-bond acceptors (Lipinski definition) is 8. The number of esters is 1. The average molecular weight is 278 g/mol. The Morgan fingerprint density at radius 2 is 2.11 bits per heavy atom. The molecule has 0 aromatic carbocycles. The van der Waals surface area contributed by atoms with Crippen LogP contribution in [0.2, 0.25) is 0 Å². The third kappa shape index (κ3) is 4.10. The molecule has 0 aliphatic rings. The summed E-state index contributed by atoms with van der Waals surface area (Å²) in [6.07, 6.45) is 2.82. The Morgan fingerprint density at radius 1 is 1.44 bits per heavy atom. The molecule has 0 N–H and O–H groups in total. The van der Waals surface area contributed by atoms with Crippen LogP contribution in [-0.2, 0) is 30.6 Å². The normalized spacial score (nSPS) is 11.9. The number of methoxy groups -OCH3 is 1. The topological polar surface area (TPSA) is 122 Å². The van der Waals surface area contributed by atoms with Gasteiger partial charge in [-0.1, -0.05) is 0 Å². The van der Waals surface area contributed by atoms with Crippen LogP contribution in [0.4, 0.5) is 0 Å². The molecule has 0 radical (unpaired) electrons. The highest BCUT2D eigenvalue weighted by molar-refractivity contribution is 7.85. The second-order valence-corrected chi connectivity index (χ2v) is 4.64. The Labute approximate surface area is 102 Å². The van der Waals surface area contributed by atoms with Crippen molar-refractivity contribution in [2.24, 2.45) is 0 Å². The van der Waals surface area contributed by atoms with E-state index in [9.17, 15) is 18.0 Å². The minimum absolute atomic E-state index is 0.594. The molecule has 0 atom stereocenters. The molecule has 0 bridgehead atoms. The van der Waals surface area contributed by atoms with Crippen molar-refractivity contribution in [2.45, 2.75) is 6.73 Å². The molecule has 1 aromatic heterocycles. The molecule has 0 fully saturated rings. The maximum Gasteiger partial charge on any atom is 0.370 e. The summed E-state index contributed by atoms with van der Waals surface area (Å²) in [5.41, 5.74) is -0.765. The van der Waals surface area contributed by atoms with Gasteiger partial charge in [0, 0.05) is 12.3 Å². The summed E-state index contributed by atoms with van der Waals surface area (Å²) < 4.78 is 31.5. The maximum atomic E-state index is 11.5. The number of carbonyl (C=O) groups is 1. The van der Waals surface area contributed by atoms with E-state index in [0.717, 1.165) is 23.2 Å². The van der Waals surface area contributed by atoms with E-state index in [1.165, 1.54) is 7.11 Å². The van der Waals surface area contributed by atoms with Gasteiger partial charge in [0.25, 0.3) is 10.1 Å². The fourth-order valence-corrected chi connectivity index (χ4v) is 1.10. The zero-order valence-corrected chi connectivity index (χ0v) is 10.3. The number of hydrogen-bond donors (Lipinski definition) is 0. The zero-order valence-electron chi connectivity index (χ0n) is 9.51. The molecule has 0 unspecified atom stereocenters. The Kier molecular flexibility index (Phi) is 4.33. The van der Waals surface area contributed by atoms with Crippen LogP contribution in [0.15, 0.2) is 10.9 Å². The molecule has 1 rings (SSSR count). The molecule has 0 saturated carbocycles. The van der Waals surface area contributed by atoms with E-state index < -0.39 is 28.5 Å². The van der Waals surface area contributed by atoms with E-state index in [0.29, 0.717) is 4.68 Å². The lowest BCUT2D eigenvalue weighted by atomic mass is 10.6. The number of rotatable bonds is 5. The summed E-state index contributed by atoms with van der Waals surface area (Å²) in [6.45, 7) is -0.594. The highest BCUT2D eigenvalue weighted by Gasteiger charge is 2.08. The van der Waals surface area contributed by atoms with Crippen molar-refractivity contribution >= 4 is 22.3 Å². The number of nitrogens with zero attached hydrogens (tertiary/aromatic N) is 4. The number of tetrazole rings is 1. The molecule has 10 nitrogen and oxygen atoms in total. The van der Waals surface area contributed by atoms with Crippen molar-refractivity contribution in [1.82, 2.24) is 19.8 Å². The van der Waals surface area contributed by atoms with Crippen molar-refractivity contribution in [3.8, 4) is 0 Å². The minimum Gasteiger partial charge on any atom is -0.466 e. The van der Waals surface area contributed by atoms with E-state index in [1.807, 2.05) is 0 Å². The molecule has 0 spiro atoms. The van der Waals surface area contributed by atoms with Crippen LogP contribution in [0.3, 0.4) is 0 Å². The fraction of sp³-hybridized carbons (Fsp3) is 0.429. The van der Waals surface area contributed by atoms with Gasteiger partial charge in [-0.2, -0.15) is 17.8 Å². The van der Waals surface area contributed by atoms with Crippen LogP contribution in [0.1, 0.15) is 0 Å². The Hall–Kier alpha value is -2.01. The van der Waals surface area contributed by atoms with Gasteiger partial charge in [-0.15, -0.1) is 0 Å². The lowest BCUT2D eigenvalue weighted by molar-refractivity contribution is -0.134. The zero-order chi connectivity index (χ0) is 13.8. The van der Waals surface area contributed by atoms with Gasteiger partial charge in [-0.3, -0.25) is 0 Å². The van der Waals surface area contributed by atoms with E-state index >= 15 is 0 Å². The van der Waals surface area contributed by atoms with Crippen molar-refractivity contribution in [3.05, 3.63) is 16.6 Å². The lowest BCUT2D eigenvalue weighted by Crippen LogP contribution is -2.25. The smallest absolute Gasteiger partial charge is 0.370 e. The van der Waals surface area contributed by atoms with Crippen molar-refractivity contribution < 1.29 is 22.1 Å². The molecule has 11 heteroatoms. The second-order valence-electron chi connectivity index (χ2n) is 3.00. The standard InChI is InChI=1S/C7H10N4O6S/c1-16-6(12)3-4-10-7(13)11(9-8-10)5-17-18(2,14)15/h3-4H,5H2,1-2H3/b4-3+. The molecule has 0 amide bonds. The first kappa shape index (κ1) is 14.1. The van der Waals surface area contributed by atoms with E-state index in [2.05, 4.69) is 19.3 Å². The first-order chi connectivity index (χ1) is 8.33. The molecule has 1 aromatic rings. The SMILES string of the molecule is COC(=O)/C=C/n1nnn(COS(C)(=O)=O)c1=O. The van der Waals surface area contributed by atoms with Gasteiger partial charge >= 0.3 is 11.7 Å². The predicted molar refractivity (Wildman–Crippen MR) is 57.6 cm³/mol. The number of carbonyl (C=O) groups excluding carboxylic acids is 1. The monoisotopic (exact) mass is 278 g/mol. The van der Waals surface area contributed by atoms with Crippen molar-refractivity contribution in [1.29, 1.82) is 0 Å². The van der Waals surface area contributed by atoms with Gasteiger partial charge in [0.1, 0.15) is 0 Å². The summed E-state index contributed by atoms with van der Waals surface area (Å²) in [5, 5.41) is 6.72. The predicted octanol–water partition coefficient (Wildman–Crippen LogP) is -1.98. The third-order valence-corrected chi connectivity index (χ3v) is 2.14. The van der Waals surface area contributed by atoms with Crippen LogP contribution < -0.4 is 5.69 Å². The first-order valence-electron chi connectivity index (χ1n) is 4.46. The Morgan fingerprint density at radius 3 is 2.67 bits per heavy atom. The molecule has 0 saturated heterocycles. The molecule has 18 heavy (non-hydrogen) atoms. The molecular formula is C7H10N4O6S. The summed E-state index contributed by atoms with van der Waals surface area (Å²) in [4.78, 5) is 22.3. The van der Waals surface area contributed by atoms with Gasteiger partial charge in [-0.25, -0.2) is 13.8 Å². The van der Waals surface area contributed by atoms with Gasteiger partial charge in [-0.05, 0) is 10.4 Å². The van der Waals surface area contributed by atoms with Crippen LogP contribution in [0, 0.1) is 0 Å². The van der Waals surface area contributed by atoms with Crippen LogP contribution in [-0.4, -0.2) is 47.5 Å². The van der Waals surface area contributed by atoms with E-state index in [1.54, 1.807) is 0 Å². The number of aromatic nitrogens is 4. The first-order valence-corrected chi connectivity index (χ1v) is 6.28. The summed E-state index contributed by atoms with van der Waals surface area (Å²) >= 11 is 0. The Balaban J connectivity index is 2.82. The molecule has 0 aliphatic heterocycles. The largest absolute Gasteiger partial charge is 0.466 e. The van der Waals surface area contributed by atoms with Gasteiger partial charge < -0.3 is 4.74 Å². The van der Waals surface area contributed by atoms with Crippen molar-refractivity contribution in [2.75, 3.05) is 13.4 Å². The second kappa shape index (κ2) is 5.55. The molecule has 1 heterocycles. The van der Waals surface area contributed by atoms with E-state index in [-0.39, 0.29) is 0 Å². The summed E-state index contributed by atoms with van der Waals surface area (Å²) in [5.74, 6) is -0.677. The highest BCUT2D eigenvalue weighted by atomic mass is 32.2. The van der Waals surface area contributed by atoms with Gasteiger partial charge in [0.15, 0.2) is 6.73 Å². The number of ether oxygens (including phenoxy) is 1. The highest BCUT2D eigenvalue weighted by Crippen LogP contribution is 1.88. The fourth-order valence-electron chi connectivity index (χ4n) is 0.806. The van der Waals surface area contributed by atoms with Crippen LogP contribution >= 0.6 is 0 Å². The molecule has 100 valence electrons. The Bertz CT molecular complexity index is 612. The maximum absolute atomic E-state index is 11.5. The van der Waals surface area contributed by atoms with Gasteiger partial charge in [0.2, 0.25) is 0 Å². The van der Waals surface area contributed by atoms with Crippen LogP contribution in [0.25, 0.3) is 6.20 Å². The summed E-state index contributed by atoms with van der Waals surface area (Å²) in [6, 6.07) is 0. The third-order valence-electron chi connectivity index (χ3n) is 1.60. The lowest BCUT2D eigenvalue weighted by Gasteiger charge is -1.97. The summed E-state index contributed by atoms with van der Waals surface area (Å²) in [7, 11) is -2.52. The average Bonchev–Trinajstić information content (AvgIpc) is 2.63. The van der Waals surface area contributed by atoms with Crippen LogP contribution in [0.5, 0.6) is 0 Å². The quantitative estimate of drug-likeness (QED) is 0.345. The van der Waals surface area contributed by atoms with Crippen molar-refractivity contribution in [3.63, 3.8) is 0 Å². The minimum atomic E-state index is -3.69.